The quantitative estimate of drug-likeness (QED) is 0.759. The van der Waals surface area contributed by atoms with Gasteiger partial charge in [-0.3, -0.25) is 9.78 Å². The summed E-state index contributed by atoms with van der Waals surface area (Å²) in [6.07, 6.45) is 2.84. The largest absolute Gasteiger partial charge is 0.481 e. The Kier molecular flexibility index (Phi) is 2.68. The molecule has 4 nitrogen and oxygen atoms in total. The molecule has 0 aliphatic carbocycles. The van der Waals surface area contributed by atoms with Gasteiger partial charge in [-0.15, -0.1) is 0 Å². The fourth-order valence-corrected chi connectivity index (χ4v) is 1.96. The van der Waals surface area contributed by atoms with Gasteiger partial charge >= 0.3 is 5.97 Å². The average Bonchev–Trinajstić information content (AvgIpc) is 2.18. The van der Waals surface area contributed by atoms with E-state index in [1.807, 2.05) is 19.2 Å². The van der Waals surface area contributed by atoms with E-state index in [9.17, 15) is 4.79 Å². The van der Waals surface area contributed by atoms with E-state index in [0.29, 0.717) is 0 Å². The first-order valence-electron chi connectivity index (χ1n) is 5.07. The molecule has 4 heteroatoms. The lowest BCUT2D eigenvalue weighted by molar-refractivity contribution is -0.137. The van der Waals surface area contributed by atoms with Gasteiger partial charge < -0.3 is 10.4 Å². The van der Waals surface area contributed by atoms with E-state index < -0.39 is 5.97 Å². The number of aliphatic carboxylic acids is 1. The second-order valence-corrected chi connectivity index (χ2v) is 3.90. The molecule has 2 rings (SSSR count). The van der Waals surface area contributed by atoms with E-state index in [4.69, 9.17) is 5.11 Å². The lowest BCUT2D eigenvalue weighted by atomic mass is 9.95. The van der Waals surface area contributed by atoms with Crippen molar-refractivity contribution in [1.82, 2.24) is 10.3 Å². The Labute approximate surface area is 88.3 Å². The summed E-state index contributed by atoms with van der Waals surface area (Å²) in [5.41, 5.74) is 3.15. The third-order valence-corrected chi connectivity index (χ3v) is 2.65. The van der Waals surface area contributed by atoms with Gasteiger partial charge in [0.1, 0.15) is 0 Å². The molecule has 1 aromatic heterocycles. The Hall–Kier alpha value is -1.42. The number of carbonyl (C=O) groups is 1. The van der Waals surface area contributed by atoms with E-state index >= 15 is 0 Å². The maximum absolute atomic E-state index is 10.7. The molecule has 0 spiro atoms. The molecule has 0 amide bonds. The van der Waals surface area contributed by atoms with Crippen LogP contribution in [0, 0.1) is 6.92 Å². The van der Waals surface area contributed by atoms with Crippen LogP contribution in [0.25, 0.3) is 0 Å². The summed E-state index contributed by atoms with van der Waals surface area (Å²) in [6.45, 7) is 2.78. The highest BCUT2D eigenvalue weighted by Gasteiger charge is 2.22. The number of aromatic nitrogens is 1. The first kappa shape index (κ1) is 10.1. The normalized spacial score (nSPS) is 19.7. The zero-order chi connectivity index (χ0) is 10.8. The minimum Gasteiger partial charge on any atom is -0.481 e. The van der Waals surface area contributed by atoms with E-state index in [1.54, 1.807) is 0 Å². The van der Waals surface area contributed by atoms with Gasteiger partial charge in [-0.05, 0) is 18.1 Å². The molecule has 0 saturated carbocycles. The fraction of sp³-hybridized carbons (Fsp3) is 0.455. The van der Waals surface area contributed by atoms with Crippen LogP contribution < -0.4 is 5.32 Å². The Bertz CT molecular complexity index is 390. The molecule has 0 saturated heterocycles. The highest BCUT2D eigenvalue weighted by Crippen LogP contribution is 2.24. The lowest BCUT2D eigenvalue weighted by Crippen LogP contribution is -2.32. The van der Waals surface area contributed by atoms with E-state index in [1.165, 1.54) is 0 Å². The molecule has 0 fully saturated rings. The van der Waals surface area contributed by atoms with Crippen molar-refractivity contribution in [3.8, 4) is 0 Å². The Balaban J connectivity index is 2.32. The highest BCUT2D eigenvalue weighted by molar-refractivity contribution is 5.68. The SMILES string of the molecule is Cc1cnc2c(c1)C(CC(=O)O)NCC2. The van der Waals surface area contributed by atoms with Crippen LogP contribution in [-0.4, -0.2) is 22.6 Å². The number of carboxylic acids is 1. The number of nitrogens with zero attached hydrogens (tertiary/aromatic N) is 1. The highest BCUT2D eigenvalue weighted by atomic mass is 16.4. The van der Waals surface area contributed by atoms with Gasteiger partial charge in [-0.1, -0.05) is 6.07 Å². The number of hydrogen-bond acceptors (Lipinski definition) is 3. The summed E-state index contributed by atoms with van der Waals surface area (Å²) in [5, 5.41) is 12.0. The molecule has 0 bridgehead atoms. The molecule has 1 unspecified atom stereocenters. The van der Waals surface area contributed by atoms with Crippen LogP contribution in [0.4, 0.5) is 0 Å². The van der Waals surface area contributed by atoms with Crippen molar-refractivity contribution in [2.45, 2.75) is 25.8 Å². The fourth-order valence-electron chi connectivity index (χ4n) is 1.96. The molecule has 0 radical (unpaired) electrons. The van der Waals surface area contributed by atoms with Crippen LogP contribution in [0.5, 0.6) is 0 Å². The number of fused-ring (bicyclic) bond motifs is 1. The van der Waals surface area contributed by atoms with Gasteiger partial charge in [-0.25, -0.2) is 0 Å². The third kappa shape index (κ3) is 2.15. The van der Waals surface area contributed by atoms with Crippen LogP contribution >= 0.6 is 0 Å². The van der Waals surface area contributed by atoms with Crippen molar-refractivity contribution in [3.63, 3.8) is 0 Å². The molecular formula is C11H14N2O2. The first-order chi connectivity index (χ1) is 7.16. The van der Waals surface area contributed by atoms with E-state index in [2.05, 4.69) is 10.3 Å². The number of pyridine rings is 1. The number of hydrogen-bond donors (Lipinski definition) is 2. The van der Waals surface area contributed by atoms with Crippen LogP contribution in [0.1, 0.15) is 29.3 Å². The van der Waals surface area contributed by atoms with Crippen molar-refractivity contribution < 1.29 is 9.90 Å². The summed E-state index contributed by atoms with van der Waals surface area (Å²) < 4.78 is 0. The van der Waals surface area contributed by atoms with Gasteiger partial charge in [0.15, 0.2) is 0 Å². The predicted molar refractivity (Wildman–Crippen MR) is 55.7 cm³/mol. The molecule has 0 aromatic carbocycles. The average molecular weight is 206 g/mol. The standard InChI is InChI=1S/C11H14N2O2/c1-7-4-8-9(13-6-7)2-3-12-10(8)5-11(14)15/h4,6,10,12H,2-3,5H2,1H3,(H,14,15). The van der Waals surface area contributed by atoms with Crippen LogP contribution in [0.3, 0.4) is 0 Å². The number of aryl methyl sites for hydroxylation is 1. The van der Waals surface area contributed by atoms with E-state index in [-0.39, 0.29) is 12.5 Å². The van der Waals surface area contributed by atoms with Crippen molar-refractivity contribution in [2.24, 2.45) is 0 Å². The van der Waals surface area contributed by atoms with Crippen LogP contribution in [0.15, 0.2) is 12.3 Å². The number of rotatable bonds is 2. The van der Waals surface area contributed by atoms with Crippen molar-refractivity contribution in [3.05, 3.63) is 29.1 Å². The van der Waals surface area contributed by atoms with Crippen molar-refractivity contribution >= 4 is 5.97 Å². The molecule has 80 valence electrons. The maximum atomic E-state index is 10.7. The van der Waals surface area contributed by atoms with Crippen molar-refractivity contribution in [1.29, 1.82) is 0 Å². The van der Waals surface area contributed by atoms with Crippen LogP contribution in [-0.2, 0) is 11.2 Å². The molecule has 15 heavy (non-hydrogen) atoms. The van der Waals surface area contributed by atoms with Gasteiger partial charge in [0.05, 0.1) is 6.42 Å². The minimum absolute atomic E-state index is 0.0846. The Morgan fingerprint density at radius 1 is 1.73 bits per heavy atom. The summed E-state index contributed by atoms with van der Waals surface area (Å²) in [6, 6.07) is 1.95. The summed E-state index contributed by atoms with van der Waals surface area (Å²) in [7, 11) is 0. The monoisotopic (exact) mass is 206 g/mol. The molecule has 1 aromatic rings. The Morgan fingerprint density at radius 3 is 3.27 bits per heavy atom. The second kappa shape index (κ2) is 3.98. The second-order valence-electron chi connectivity index (χ2n) is 3.90. The maximum Gasteiger partial charge on any atom is 0.305 e. The molecule has 1 aliphatic rings. The molecule has 1 aliphatic heterocycles. The van der Waals surface area contributed by atoms with Crippen LogP contribution in [0.2, 0.25) is 0 Å². The zero-order valence-electron chi connectivity index (χ0n) is 8.66. The number of nitrogens with one attached hydrogen (secondary N) is 1. The molecule has 2 N–H and O–H groups in total. The topological polar surface area (TPSA) is 62.2 Å². The summed E-state index contributed by atoms with van der Waals surface area (Å²) in [4.78, 5) is 15.0. The molecule has 1 atom stereocenters. The van der Waals surface area contributed by atoms with Gasteiger partial charge in [0.25, 0.3) is 0 Å². The van der Waals surface area contributed by atoms with Gasteiger partial charge in [0.2, 0.25) is 0 Å². The lowest BCUT2D eigenvalue weighted by Gasteiger charge is -2.25. The molecular weight excluding hydrogens is 192 g/mol. The zero-order valence-corrected chi connectivity index (χ0v) is 8.66. The first-order valence-corrected chi connectivity index (χ1v) is 5.07. The third-order valence-electron chi connectivity index (χ3n) is 2.65. The smallest absolute Gasteiger partial charge is 0.305 e. The van der Waals surface area contributed by atoms with Gasteiger partial charge in [0, 0.05) is 30.9 Å². The molecule has 2 heterocycles. The van der Waals surface area contributed by atoms with E-state index in [0.717, 1.165) is 29.8 Å². The summed E-state index contributed by atoms with van der Waals surface area (Å²) in [5.74, 6) is -0.776. The van der Waals surface area contributed by atoms with Crippen molar-refractivity contribution in [2.75, 3.05) is 6.54 Å². The summed E-state index contributed by atoms with van der Waals surface area (Å²) >= 11 is 0. The minimum atomic E-state index is -0.776. The Morgan fingerprint density at radius 2 is 2.53 bits per heavy atom. The van der Waals surface area contributed by atoms with Gasteiger partial charge in [-0.2, -0.15) is 0 Å². The number of carboxylic acid groups (broad SMARTS) is 1. The predicted octanol–water partition coefficient (Wildman–Crippen LogP) is 1.05.